The zero-order chi connectivity index (χ0) is 18.7. The standard InChI is InChI=1S/C20H29N3O3/c1-14-6-7-18(15(2)13-14)26-16(3)19(24)22-9-11-23(12-10-22)20(25)17-5-4-8-21-17/h6-7,13,16-17,21H,4-5,8-12H2,1-3H3. The maximum Gasteiger partial charge on any atom is 0.263 e. The molecule has 0 aromatic heterocycles. The first kappa shape index (κ1) is 18.7. The quantitative estimate of drug-likeness (QED) is 0.885. The third-order valence-electron chi connectivity index (χ3n) is 5.24. The second-order valence-electron chi connectivity index (χ2n) is 7.33. The minimum atomic E-state index is -0.532. The summed E-state index contributed by atoms with van der Waals surface area (Å²) in [7, 11) is 0. The molecule has 2 aliphatic rings. The number of ether oxygens (including phenoxy) is 1. The highest BCUT2D eigenvalue weighted by atomic mass is 16.5. The summed E-state index contributed by atoms with van der Waals surface area (Å²) < 4.78 is 5.89. The molecule has 0 bridgehead atoms. The van der Waals surface area contributed by atoms with Crippen molar-refractivity contribution in [2.45, 2.75) is 45.8 Å². The molecule has 0 aliphatic carbocycles. The van der Waals surface area contributed by atoms with Crippen LogP contribution in [0.1, 0.15) is 30.9 Å². The van der Waals surface area contributed by atoms with E-state index in [4.69, 9.17) is 4.74 Å². The van der Waals surface area contributed by atoms with Crippen LogP contribution in [0.4, 0.5) is 0 Å². The lowest BCUT2D eigenvalue weighted by atomic mass is 10.1. The predicted octanol–water partition coefficient (Wildman–Crippen LogP) is 1.49. The van der Waals surface area contributed by atoms with E-state index in [9.17, 15) is 9.59 Å². The first-order valence-corrected chi connectivity index (χ1v) is 9.50. The van der Waals surface area contributed by atoms with Crippen molar-refractivity contribution in [3.8, 4) is 5.75 Å². The van der Waals surface area contributed by atoms with E-state index in [0.29, 0.717) is 26.2 Å². The number of carbonyl (C=O) groups is 2. The van der Waals surface area contributed by atoms with Crippen LogP contribution in [-0.4, -0.2) is 66.5 Å². The highest BCUT2D eigenvalue weighted by Gasteiger charge is 2.31. The molecule has 0 spiro atoms. The Kier molecular flexibility index (Phi) is 5.81. The van der Waals surface area contributed by atoms with Crippen LogP contribution in [0.15, 0.2) is 18.2 Å². The number of amides is 2. The molecular formula is C20H29N3O3. The first-order valence-electron chi connectivity index (χ1n) is 9.50. The van der Waals surface area contributed by atoms with Gasteiger partial charge in [0, 0.05) is 26.2 Å². The van der Waals surface area contributed by atoms with E-state index in [1.807, 2.05) is 36.9 Å². The molecule has 142 valence electrons. The third kappa shape index (κ3) is 4.18. The van der Waals surface area contributed by atoms with E-state index in [-0.39, 0.29) is 17.9 Å². The Labute approximate surface area is 155 Å². The molecule has 2 heterocycles. The van der Waals surface area contributed by atoms with Crippen molar-refractivity contribution in [1.82, 2.24) is 15.1 Å². The average Bonchev–Trinajstić information content (AvgIpc) is 3.17. The van der Waals surface area contributed by atoms with Crippen LogP contribution in [0.3, 0.4) is 0 Å². The minimum absolute atomic E-state index is 0.0175. The van der Waals surface area contributed by atoms with Crippen LogP contribution in [0.25, 0.3) is 0 Å². The van der Waals surface area contributed by atoms with Gasteiger partial charge in [-0.2, -0.15) is 0 Å². The lowest BCUT2D eigenvalue weighted by Gasteiger charge is -2.37. The van der Waals surface area contributed by atoms with Crippen LogP contribution >= 0.6 is 0 Å². The molecule has 2 aliphatic heterocycles. The Morgan fingerprint density at radius 2 is 1.85 bits per heavy atom. The maximum absolute atomic E-state index is 12.7. The molecule has 1 N–H and O–H groups in total. The van der Waals surface area contributed by atoms with Crippen molar-refractivity contribution in [2.24, 2.45) is 0 Å². The molecule has 6 heteroatoms. The summed E-state index contributed by atoms with van der Waals surface area (Å²) >= 11 is 0. The molecule has 26 heavy (non-hydrogen) atoms. The molecule has 6 nitrogen and oxygen atoms in total. The summed E-state index contributed by atoms with van der Waals surface area (Å²) in [4.78, 5) is 28.8. The molecule has 0 radical (unpaired) electrons. The van der Waals surface area contributed by atoms with E-state index in [1.165, 1.54) is 5.56 Å². The van der Waals surface area contributed by atoms with E-state index >= 15 is 0 Å². The van der Waals surface area contributed by atoms with E-state index in [1.54, 1.807) is 11.8 Å². The van der Waals surface area contributed by atoms with Gasteiger partial charge < -0.3 is 19.9 Å². The average molecular weight is 359 g/mol. The molecule has 3 rings (SSSR count). The summed E-state index contributed by atoms with van der Waals surface area (Å²) in [5.41, 5.74) is 2.20. The Balaban J connectivity index is 1.51. The SMILES string of the molecule is Cc1ccc(OC(C)C(=O)N2CCN(C(=O)C3CCCN3)CC2)c(C)c1. The van der Waals surface area contributed by atoms with Crippen LogP contribution in [0.5, 0.6) is 5.75 Å². The van der Waals surface area contributed by atoms with Crippen molar-refractivity contribution in [2.75, 3.05) is 32.7 Å². The molecular weight excluding hydrogens is 330 g/mol. The summed E-state index contributed by atoms with van der Waals surface area (Å²) in [5, 5.41) is 3.25. The molecule has 1 aromatic rings. The molecule has 2 saturated heterocycles. The molecule has 2 atom stereocenters. The zero-order valence-electron chi connectivity index (χ0n) is 16.0. The van der Waals surface area contributed by atoms with Crippen LogP contribution in [-0.2, 0) is 9.59 Å². The molecule has 1 aromatic carbocycles. The molecule has 0 saturated carbocycles. The van der Waals surface area contributed by atoms with Gasteiger partial charge in [0.2, 0.25) is 5.91 Å². The summed E-state index contributed by atoms with van der Waals surface area (Å²) in [6.07, 6.45) is 1.44. The monoisotopic (exact) mass is 359 g/mol. The topological polar surface area (TPSA) is 61.9 Å². The van der Waals surface area contributed by atoms with Gasteiger partial charge in [0.05, 0.1) is 6.04 Å². The van der Waals surface area contributed by atoms with Crippen LogP contribution in [0.2, 0.25) is 0 Å². The second kappa shape index (κ2) is 8.08. The number of nitrogens with one attached hydrogen (secondary N) is 1. The highest BCUT2D eigenvalue weighted by Crippen LogP contribution is 2.21. The fraction of sp³-hybridized carbons (Fsp3) is 0.600. The lowest BCUT2D eigenvalue weighted by molar-refractivity contribution is -0.144. The molecule has 2 fully saturated rings. The second-order valence-corrected chi connectivity index (χ2v) is 7.33. The summed E-state index contributed by atoms with van der Waals surface area (Å²) in [6.45, 7) is 9.06. The number of benzene rings is 1. The number of nitrogens with zero attached hydrogens (tertiary/aromatic N) is 2. The van der Waals surface area contributed by atoms with Gasteiger partial charge in [-0.1, -0.05) is 17.7 Å². The highest BCUT2D eigenvalue weighted by molar-refractivity contribution is 5.83. The summed E-state index contributed by atoms with van der Waals surface area (Å²) in [5.74, 6) is 0.905. The van der Waals surface area contributed by atoms with Crippen molar-refractivity contribution >= 4 is 11.8 Å². The van der Waals surface area contributed by atoms with Gasteiger partial charge in [-0.05, 0) is 51.8 Å². The Bertz CT molecular complexity index is 662. The van der Waals surface area contributed by atoms with Crippen molar-refractivity contribution in [3.05, 3.63) is 29.3 Å². The third-order valence-corrected chi connectivity index (χ3v) is 5.24. The number of aryl methyl sites for hydroxylation is 2. The smallest absolute Gasteiger partial charge is 0.263 e. The van der Waals surface area contributed by atoms with Gasteiger partial charge in [-0.25, -0.2) is 0 Å². The van der Waals surface area contributed by atoms with Crippen LogP contribution < -0.4 is 10.1 Å². The van der Waals surface area contributed by atoms with Crippen LogP contribution in [0, 0.1) is 13.8 Å². The van der Waals surface area contributed by atoms with Crippen molar-refractivity contribution < 1.29 is 14.3 Å². The van der Waals surface area contributed by atoms with Gasteiger partial charge >= 0.3 is 0 Å². The van der Waals surface area contributed by atoms with E-state index < -0.39 is 6.10 Å². The minimum Gasteiger partial charge on any atom is -0.481 e. The van der Waals surface area contributed by atoms with E-state index in [0.717, 1.165) is 30.7 Å². The largest absolute Gasteiger partial charge is 0.481 e. The summed E-state index contributed by atoms with van der Waals surface area (Å²) in [6, 6.07) is 5.92. The van der Waals surface area contributed by atoms with Gasteiger partial charge in [0.1, 0.15) is 5.75 Å². The van der Waals surface area contributed by atoms with Crippen molar-refractivity contribution in [3.63, 3.8) is 0 Å². The Morgan fingerprint density at radius 1 is 1.15 bits per heavy atom. The van der Waals surface area contributed by atoms with Gasteiger partial charge in [-0.3, -0.25) is 9.59 Å². The number of piperazine rings is 1. The van der Waals surface area contributed by atoms with Gasteiger partial charge in [0.25, 0.3) is 5.91 Å². The Morgan fingerprint density at radius 3 is 2.46 bits per heavy atom. The fourth-order valence-corrected chi connectivity index (χ4v) is 3.69. The maximum atomic E-state index is 12.7. The normalized spacial score (nSPS) is 21.6. The predicted molar refractivity (Wildman–Crippen MR) is 100 cm³/mol. The van der Waals surface area contributed by atoms with Gasteiger partial charge in [0.15, 0.2) is 6.10 Å². The first-order chi connectivity index (χ1) is 12.5. The molecule has 2 unspecified atom stereocenters. The number of carbonyl (C=O) groups excluding carboxylic acids is 2. The fourth-order valence-electron chi connectivity index (χ4n) is 3.69. The van der Waals surface area contributed by atoms with Gasteiger partial charge in [-0.15, -0.1) is 0 Å². The van der Waals surface area contributed by atoms with Crippen molar-refractivity contribution in [1.29, 1.82) is 0 Å². The zero-order valence-corrected chi connectivity index (χ0v) is 16.0. The number of rotatable bonds is 4. The number of hydrogen-bond donors (Lipinski definition) is 1. The lowest BCUT2D eigenvalue weighted by Crippen LogP contribution is -2.55. The van der Waals surface area contributed by atoms with E-state index in [2.05, 4.69) is 5.32 Å². The molecule has 2 amide bonds. The Hall–Kier alpha value is -2.08. The number of hydrogen-bond acceptors (Lipinski definition) is 4.